The van der Waals surface area contributed by atoms with Crippen LogP contribution in [0.3, 0.4) is 0 Å². The number of amides is 1. The quantitative estimate of drug-likeness (QED) is 0.588. The highest BCUT2D eigenvalue weighted by Gasteiger charge is 2.22. The molecular weight excluding hydrogens is 332 g/mol. The van der Waals surface area contributed by atoms with Crippen LogP contribution in [0.2, 0.25) is 0 Å². The molecule has 0 heterocycles. The molecule has 0 bridgehead atoms. The van der Waals surface area contributed by atoms with E-state index >= 15 is 0 Å². The summed E-state index contributed by atoms with van der Waals surface area (Å²) in [5.74, 6) is -0.638. The number of aliphatic hydroxyl groups excluding tert-OH is 1. The molecule has 1 aliphatic rings. The van der Waals surface area contributed by atoms with Crippen LogP contribution in [0.4, 0.5) is 0 Å². The van der Waals surface area contributed by atoms with E-state index in [1.165, 1.54) is 26.2 Å². The highest BCUT2D eigenvalue weighted by atomic mass is 16.4. The van der Waals surface area contributed by atoms with Gasteiger partial charge in [-0.15, -0.1) is 0 Å². The lowest BCUT2D eigenvalue weighted by molar-refractivity contribution is -0.132. The van der Waals surface area contributed by atoms with Crippen molar-refractivity contribution in [2.24, 2.45) is 5.92 Å². The van der Waals surface area contributed by atoms with Gasteiger partial charge in [-0.3, -0.25) is 9.80 Å². The van der Waals surface area contributed by atoms with Gasteiger partial charge in [-0.05, 0) is 49.3 Å². The molecule has 3 N–H and O–H groups in total. The molecule has 0 aromatic heterocycles. The van der Waals surface area contributed by atoms with Gasteiger partial charge in [0.15, 0.2) is 0 Å². The summed E-state index contributed by atoms with van der Waals surface area (Å²) in [5.41, 5.74) is 4.39. The zero-order chi connectivity index (χ0) is 18.9. The Morgan fingerprint density at radius 1 is 1.19 bits per heavy atom. The van der Waals surface area contributed by atoms with Crippen molar-refractivity contribution >= 4 is 11.9 Å². The van der Waals surface area contributed by atoms with E-state index in [0.29, 0.717) is 31.8 Å². The average molecular weight is 362 g/mol. The highest BCUT2D eigenvalue weighted by molar-refractivity contribution is 5.87. The number of carbonyl (C=O) groups is 2. The summed E-state index contributed by atoms with van der Waals surface area (Å²) in [6, 6.07) is 6.74. The molecule has 1 aliphatic carbocycles. The Hall–Kier alpha value is -1.92. The van der Waals surface area contributed by atoms with E-state index in [1.807, 2.05) is 0 Å². The predicted molar refractivity (Wildman–Crippen MR) is 99.7 cm³/mol. The molecule has 0 radical (unpaired) electrons. The molecule has 0 aliphatic heterocycles. The van der Waals surface area contributed by atoms with Crippen LogP contribution >= 0.6 is 0 Å². The zero-order valence-electron chi connectivity index (χ0n) is 15.5. The van der Waals surface area contributed by atoms with Crippen molar-refractivity contribution in [3.05, 3.63) is 35.4 Å². The molecule has 0 spiro atoms. The molecule has 26 heavy (non-hydrogen) atoms. The molecule has 6 nitrogen and oxygen atoms in total. The monoisotopic (exact) mass is 362 g/mol. The first kappa shape index (κ1) is 20.4. The van der Waals surface area contributed by atoms with Crippen molar-refractivity contribution in [3.63, 3.8) is 0 Å². The molecule has 144 valence electrons. The van der Waals surface area contributed by atoms with Crippen LogP contribution in [-0.2, 0) is 11.2 Å². The number of carbonyl (C=O) groups excluding carboxylic acids is 1. The van der Waals surface area contributed by atoms with E-state index in [9.17, 15) is 14.7 Å². The fraction of sp³-hybridized carbons (Fsp3) is 0.600. The third-order valence-corrected chi connectivity index (χ3v) is 5.14. The van der Waals surface area contributed by atoms with Crippen molar-refractivity contribution in [2.45, 2.75) is 58.0 Å². The summed E-state index contributed by atoms with van der Waals surface area (Å²) in [6.07, 6.45) is 6.75. The first-order valence-electron chi connectivity index (χ1n) is 9.49. The maximum atomic E-state index is 11.8. The molecule has 1 amide bonds. The van der Waals surface area contributed by atoms with Crippen molar-refractivity contribution in [3.8, 4) is 0 Å². The third-order valence-electron chi connectivity index (χ3n) is 5.14. The van der Waals surface area contributed by atoms with Crippen LogP contribution < -0.4 is 5.43 Å². The Labute approximate surface area is 155 Å². The van der Waals surface area contributed by atoms with E-state index in [-0.39, 0.29) is 17.6 Å². The topological polar surface area (TPSA) is 89.9 Å². The first-order chi connectivity index (χ1) is 12.5. The average Bonchev–Trinajstić information content (AvgIpc) is 2.65. The van der Waals surface area contributed by atoms with Gasteiger partial charge in [-0.1, -0.05) is 31.4 Å². The Balaban J connectivity index is 1.75. The fourth-order valence-electron chi connectivity index (χ4n) is 3.51. The lowest BCUT2D eigenvalue weighted by atomic mass is 9.84. The number of carboxylic acids is 1. The van der Waals surface area contributed by atoms with E-state index in [4.69, 9.17) is 5.11 Å². The number of hydrogen-bond acceptors (Lipinski definition) is 4. The summed E-state index contributed by atoms with van der Waals surface area (Å²) in [6.45, 7) is 2.58. The Morgan fingerprint density at radius 2 is 1.85 bits per heavy atom. The highest BCUT2D eigenvalue weighted by Crippen LogP contribution is 2.27. The summed E-state index contributed by atoms with van der Waals surface area (Å²) < 4.78 is 0. The lowest BCUT2D eigenvalue weighted by Crippen LogP contribution is -2.44. The molecular formula is C20H30N2O4. The van der Waals surface area contributed by atoms with E-state index in [0.717, 1.165) is 18.4 Å². The Bertz CT molecular complexity index is 582. The van der Waals surface area contributed by atoms with Gasteiger partial charge in [0, 0.05) is 20.0 Å². The second kappa shape index (κ2) is 10.3. The number of hydrazine groups is 1. The molecule has 1 atom stereocenters. The van der Waals surface area contributed by atoms with Crippen LogP contribution in [0.5, 0.6) is 0 Å². The minimum absolute atomic E-state index is 0.0675. The number of nitrogens with zero attached hydrogens (tertiary/aromatic N) is 1. The molecule has 2 rings (SSSR count). The first-order valence-corrected chi connectivity index (χ1v) is 9.49. The molecule has 1 aromatic rings. The summed E-state index contributed by atoms with van der Waals surface area (Å²) >= 11 is 0. The van der Waals surface area contributed by atoms with Crippen LogP contribution in [0.15, 0.2) is 24.3 Å². The number of hydrogen-bond donors (Lipinski definition) is 3. The van der Waals surface area contributed by atoms with E-state index in [2.05, 4.69) is 5.43 Å². The number of carboxylic acid groups (broad SMARTS) is 1. The van der Waals surface area contributed by atoms with Crippen molar-refractivity contribution in [1.82, 2.24) is 10.4 Å². The normalized spacial score (nSPS) is 16.2. The smallest absolute Gasteiger partial charge is 0.335 e. The largest absolute Gasteiger partial charge is 0.478 e. The summed E-state index contributed by atoms with van der Waals surface area (Å²) in [7, 11) is 0. The van der Waals surface area contributed by atoms with Gasteiger partial charge in [0.2, 0.25) is 5.91 Å². The standard InChI is InChI=1S/C20H30N2O4/c1-15(23)22(14-12-19(24)17-5-3-2-4-6-17)21-13-11-16-7-9-18(10-8-16)20(25)26/h7-10,17,19,21,24H,2-6,11-14H2,1H3,(H,25,26). The fourth-order valence-corrected chi connectivity index (χ4v) is 3.51. The Morgan fingerprint density at radius 3 is 2.42 bits per heavy atom. The van der Waals surface area contributed by atoms with Gasteiger partial charge >= 0.3 is 5.97 Å². The number of aromatic carboxylic acids is 1. The van der Waals surface area contributed by atoms with Gasteiger partial charge in [0.1, 0.15) is 0 Å². The van der Waals surface area contributed by atoms with Gasteiger partial charge in [0.05, 0.1) is 11.7 Å². The Kier molecular flexibility index (Phi) is 8.06. The van der Waals surface area contributed by atoms with Crippen LogP contribution in [-0.4, -0.2) is 46.3 Å². The molecule has 1 aromatic carbocycles. The van der Waals surface area contributed by atoms with Gasteiger partial charge in [0.25, 0.3) is 0 Å². The van der Waals surface area contributed by atoms with Crippen molar-refractivity contribution in [1.29, 1.82) is 0 Å². The van der Waals surface area contributed by atoms with E-state index in [1.54, 1.807) is 29.3 Å². The summed E-state index contributed by atoms with van der Waals surface area (Å²) in [4.78, 5) is 22.7. The van der Waals surface area contributed by atoms with Gasteiger partial charge in [-0.2, -0.15) is 0 Å². The maximum Gasteiger partial charge on any atom is 0.335 e. The number of rotatable bonds is 9. The van der Waals surface area contributed by atoms with Crippen molar-refractivity contribution < 1.29 is 19.8 Å². The second-order valence-electron chi connectivity index (χ2n) is 7.08. The minimum atomic E-state index is -0.936. The maximum absolute atomic E-state index is 11.8. The molecule has 1 fully saturated rings. The summed E-state index contributed by atoms with van der Waals surface area (Å²) in [5, 5.41) is 20.8. The number of aliphatic hydroxyl groups is 1. The van der Waals surface area contributed by atoms with Crippen LogP contribution in [0.1, 0.15) is 61.4 Å². The number of nitrogens with one attached hydrogen (secondary N) is 1. The van der Waals surface area contributed by atoms with Crippen molar-refractivity contribution in [2.75, 3.05) is 13.1 Å². The van der Waals surface area contributed by atoms with Gasteiger partial charge < -0.3 is 10.2 Å². The molecule has 1 unspecified atom stereocenters. The van der Waals surface area contributed by atoms with Crippen LogP contribution in [0, 0.1) is 5.92 Å². The minimum Gasteiger partial charge on any atom is -0.478 e. The van der Waals surface area contributed by atoms with Gasteiger partial charge in [-0.25, -0.2) is 10.2 Å². The van der Waals surface area contributed by atoms with E-state index < -0.39 is 5.97 Å². The molecule has 1 saturated carbocycles. The predicted octanol–water partition coefficient (Wildman–Crippen LogP) is 2.61. The lowest BCUT2D eigenvalue weighted by Gasteiger charge is -2.29. The SMILES string of the molecule is CC(=O)N(CCC(O)C1CCCCC1)NCCc1ccc(C(=O)O)cc1. The second-order valence-corrected chi connectivity index (χ2v) is 7.08. The molecule has 0 saturated heterocycles. The zero-order valence-corrected chi connectivity index (χ0v) is 15.5. The van der Waals surface area contributed by atoms with Crippen LogP contribution in [0.25, 0.3) is 0 Å². The molecule has 6 heteroatoms. The number of benzene rings is 1. The third kappa shape index (κ3) is 6.42.